The van der Waals surface area contributed by atoms with E-state index in [9.17, 15) is 14.0 Å². The number of nitrogens with two attached hydrogens (primary N) is 1. The van der Waals surface area contributed by atoms with Crippen molar-refractivity contribution in [1.82, 2.24) is 9.88 Å². The summed E-state index contributed by atoms with van der Waals surface area (Å²) in [4.78, 5) is 25.3. The van der Waals surface area contributed by atoms with Crippen molar-refractivity contribution in [2.75, 3.05) is 18.1 Å². The number of aryl methyl sites for hydroxylation is 1. The topological polar surface area (TPSA) is 98.4 Å². The van der Waals surface area contributed by atoms with E-state index < -0.39 is 17.3 Å². The molecule has 4 N–H and O–H groups in total. The maximum Gasteiger partial charge on any atom is 0.258 e. The first-order valence-corrected chi connectivity index (χ1v) is 9.25. The van der Waals surface area contributed by atoms with Gasteiger partial charge in [-0.1, -0.05) is 12.1 Å². The lowest BCUT2D eigenvalue weighted by Gasteiger charge is -2.19. The highest BCUT2D eigenvalue weighted by Crippen LogP contribution is 2.34. The Labute approximate surface area is 173 Å². The number of hydrogen-bond acceptors (Lipinski definition) is 5. The smallest absolute Gasteiger partial charge is 0.258 e. The molecule has 30 heavy (non-hydrogen) atoms. The molecule has 8 heteroatoms. The number of nitrogen functional groups attached to an aromatic ring is 1. The molecular formula is C22H23FN4O3. The van der Waals surface area contributed by atoms with E-state index in [1.165, 1.54) is 30.8 Å². The number of pyridine rings is 1. The van der Waals surface area contributed by atoms with Crippen LogP contribution in [0, 0.1) is 19.7 Å². The fourth-order valence-electron chi connectivity index (χ4n) is 2.96. The third-order valence-corrected chi connectivity index (χ3v) is 4.78. The molecule has 0 saturated heterocycles. The summed E-state index contributed by atoms with van der Waals surface area (Å²) in [5.74, 6) is -0.483. The lowest BCUT2D eigenvalue weighted by Crippen LogP contribution is -2.27. The number of benzene rings is 2. The lowest BCUT2D eigenvalue weighted by atomic mass is 10.1. The van der Waals surface area contributed by atoms with Gasteiger partial charge in [-0.25, -0.2) is 4.39 Å². The molecule has 0 aliphatic rings. The molecule has 0 bridgehead atoms. The fourth-order valence-corrected chi connectivity index (χ4v) is 2.96. The van der Waals surface area contributed by atoms with Gasteiger partial charge in [0.2, 0.25) is 0 Å². The Kier molecular flexibility index (Phi) is 5.77. The summed E-state index contributed by atoms with van der Waals surface area (Å²) in [5.41, 5.74) is 7.60. The van der Waals surface area contributed by atoms with Crippen LogP contribution in [0.1, 0.15) is 21.5 Å². The van der Waals surface area contributed by atoms with Crippen LogP contribution in [0.25, 0.3) is 0 Å². The Morgan fingerprint density at radius 1 is 1.13 bits per heavy atom. The highest BCUT2D eigenvalue weighted by Gasteiger charge is 2.23. The number of ether oxygens (including phenoxy) is 1. The maximum absolute atomic E-state index is 14.4. The molecule has 3 rings (SSSR count). The van der Waals surface area contributed by atoms with Crippen molar-refractivity contribution < 1.29 is 13.9 Å². The number of nitrogens with zero attached hydrogens (tertiary/aromatic N) is 1. The van der Waals surface area contributed by atoms with E-state index in [2.05, 4.69) is 10.6 Å². The molecule has 0 aliphatic heterocycles. The molecule has 0 unspecified atom stereocenters. The van der Waals surface area contributed by atoms with E-state index >= 15 is 0 Å². The van der Waals surface area contributed by atoms with Gasteiger partial charge in [0, 0.05) is 31.4 Å². The van der Waals surface area contributed by atoms with Gasteiger partial charge in [-0.2, -0.15) is 0 Å². The zero-order chi connectivity index (χ0) is 22.0. The summed E-state index contributed by atoms with van der Waals surface area (Å²) in [7, 11) is 2.94. The van der Waals surface area contributed by atoms with E-state index in [-0.39, 0.29) is 22.8 Å². The van der Waals surface area contributed by atoms with Crippen molar-refractivity contribution in [3.05, 3.63) is 75.3 Å². The van der Waals surface area contributed by atoms with Gasteiger partial charge in [0.15, 0.2) is 0 Å². The Hall–Kier alpha value is -3.81. The minimum atomic E-state index is -0.511. The second kappa shape index (κ2) is 8.28. The van der Waals surface area contributed by atoms with E-state index in [0.717, 1.165) is 5.56 Å². The predicted octanol–water partition coefficient (Wildman–Crippen LogP) is 3.62. The minimum absolute atomic E-state index is 0.0289. The van der Waals surface area contributed by atoms with Crippen LogP contribution in [-0.2, 0) is 7.05 Å². The van der Waals surface area contributed by atoms with Gasteiger partial charge in [0.05, 0.1) is 5.69 Å². The van der Waals surface area contributed by atoms with Crippen molar-refractivity contribution in [3.8, 4) is 11.5 Å². The Balaban J connectivity index is 2.19. The molecule has 0 fully saturated rings. The molecule has 0 atom stereocenters. The van der Waals surface area contributed by atoms with Crippen molar-refractivity contribution in [1.29, 1.82) is 0 Å². The number of amides is 1. The molecule has 0 saturated carbocycles. The molecule has 0 spiro atoms. The largest absolute Gasteiger partial charge is 0.456 e. The average molecular weight is 410 g/mol. The number of rotatable bonds is 5. The minimum Gasteiger partial charge on any atom is -0.456 e. The first-order valence-electron chi connectivity index (χ1n) is 9.25. The SMILES string of the molecule is CNC(=O)c1c(Oc2cccc(N)c2C)cc(=O)n(C)c1Nc1ccc(C)cc1F. The summed E-state index contributed by atoms with van der Waals surface area (Å²) in [6.45, 7) is 3.53. The van der Waals surface area contributed by atoms with Crippen molar-refractivity contribution in [2.45, 2.75) is 13.8 Å². The third-order valence-electron chi connectivity index (χ3n) is 4.78. The van der Waals surface area contributed by atoms with Crippen LogP contribution >= 0.6 is 0 Å². The zero-order valence-electron chi connectivity index (χ0n) is 17.2. The fraction of sp³-hybridized carbons (Fsp3) is 0.182. The van der Waals surface area contributed by atoms with Crippen molar-refractivity contribution in [3.63, 3.8) is 0 Å². The number of carbonyl (C=O) groups excluding carboxylic acids is 1. The Morgan fingerprint density at radius 3 is 2.53 bits per heavy atom. The third kappa shape index (κ3) is 3.98. The molecule has 2 aromatic carbocycles. The molecule has 7 nitrogen and oxygen atoms in total. The summed E-state index contributed by atoms with van der Waals surface area (Å²) in [6, 6.07) is 10.9. The van der Waals surface area contributed by atoms with Crippen LogP contribution < -0.4 is 26.7 Å². The average Bonchev–Trinajstić information content (AvgIpc) is 2.70. The van der Waals surface area contributed by atoms with E-state index in [4.69, 9.17) is 10.5 Å². The molecule has 1 amide bonds. The van der Waals surface area contributed by atoms with Crippen molar-refractivity contribution in [2.24, 2.45) is 7.05 Å². The van der Waals surface area contributed by atoms with Gasteiger partial charge in [0.25, 0.3) is 11.5 Å². The summed E-state index contributed by atoms with van der Waals surface area (Å²) in [5, 5.41) is 5.40. The van der Waals surface area contributed by atoms with E-state index in [0.29, 0.717) is 17.0 Å². The van der Waals surface area contributed by atoms with Crippen LogP contribution in [0.2, 0.25) is 0 Å². The second-order valence-corrected chi connectivity index (χ2v) is 6.89. The van der Waals surface area contributed by atoms with Gasteiger partial charge in [0.1, 0.15) is 28.7 Å². The van der Waals surface area contributed by atoms with Gasteiger partial charge in [-0.05, 0) is 43.7 Å². The van der Waals surface area contributed by atoms with E-state index in [1.54, 1.807) is 44.2 Å². The number of aromatic nitrogens is 1. The molecule has 156 valence electrons. The lowest BCUT2D eigenvalue weighted by molar-refractivity contribution is 0.0961. The highest BCUT2D eigenvalue weighted by molar-refractivity contribution is 6.02. The molecule has 1 heterocycles. The number of halogens is 1. The van der Waals surface area contributed by atoms with Crippen molar-refractivity contribution >= 4 is 23.1 Å². The van der Waals surface area contributed by atoms with Crippen LogP contribution in [0.5, 0.6) is 11.5 Å². The van der Waals surface area contributed by atoms with Crippen LogP contribution in [0.3, 0.4) is 0 Å². The number of carbonyl (C=O) groups is 1. The second-order valence-electron chi connectivity index (χ2n) is 6.89. The van der Waals surface area contributed by atoms with Gasteiger partial charge in [-0.15, -0.1) is 0 Å². The standard InChI is InChI=1S/C22H23FN4O3/c1-12-8-9-16(14(23)10-12)26-21-20(22(29)25-3)18(11-19(28)27(21)4)30-17-7-5-6-15(24)13(17)2/h5-11,26H,24H2,1-4H3,(H,25,29). The molecule has 3 aromatic rings. The van der Waals surface area contributed by atoms with Crippen LogP contribution in [0.15, 0.2) is 47.3 Å². The van der Waals surface area contributed by atoms with Crippen LogP contribution in [-0.4, -0.2) is 17.5 Å². The van der Waals surface area contributed by atoms with Gasteiger partial charge >= 0.3 is 0 Å². The predicted molar refractivity (Wildman–Crippen MR) is 115 cm³/mol. The Bertz CT molecular complexity index is 1190. The molecular weight excluding hydrogens is 387 g/mol. The first-order chi connectivity index (χ1) is 14.2. The summed E-state index contributed by atoms with van der Waals surface area (Å²) >= 11 is 0. The highest BCUT2D eigenvalue weighted by atomic mass is 19.1. The summed E-state index contributed by atoms with van der Waals surface area (Å²) in [6.07, 6.45) is 0. The molecule has 0 radical (unpaired) electrons. The summed E-state index contributed by atoms with van der Waals surface area (Å²) < 4.78 is 21.6. The number of anilines is 3. The molecule has 1 aromatic heterocycles. The zero-order valence-corrected chi connectivity index (χ0v) is 17.2. The monoisotopic (exact) mass is 410 g/mol. The normalized spacial score (nSPS) is 10.6. The van der Waals surface area contributed by atoms with E-state index in [1.807, 2.05) is 0 Å². The number of nitrogens with one attached hydrogen (secondary N) is 2. The van der Waals surface area contributed by atoms with Crippen LogP contribution in [0.4, 0.5) is 21.6 Å². The quantitative estimate of drug-likeness (QED) is 0.558. The Morgan fingerprint density at radius 2 is 1.87 bits per heavy atom. The van der Waals surface area contributed by atoms with Gasteiger partial charge < -0.3 is 21.1 Å². The van der Waals surface area contributed by atoms with Gasteiger partial charge in [-0.3, -0.25) is 14.2 Å². The maximum atomic E-state index is 14.4. The molecule has 0 aliphatic carbocycles. The first kappa shape index (κ1) is 20.9. The number of hydrogen-bond donors (Lipinski definition) is 3.